The molecule has 0 saturated carbocycles. The zero-order valence-electron chi connectivity index (χ0n) is 10.9. The Balaban J connectivity index is 2.91. The molecule has 0 N–H and O–H groups in total. The van der Waals surface area contributed by atoms with E-state index in [0.29, 0.717) is 5.92 Å². The molecular formula is C13H19N3. The highest BCUT2D eigenvalue weighted by molar-refractivity contribution is 5.82. The third-order valence-electron chi connectivity index (χ3n) is 3.22. The normalized spacial score (nSPS) is 11.7. The predicted molar refractivity (Wildman–Crippen MR) is 66.8 cm³/mol. The van der Waals surface area contributed by atoms with Crippen molar-refractivity contribution in [3.63, 3.8) is 0 Å². The van der Waals surface area contributed by atoms with E-state index in [1.165, 1.54) is 11.1 Å². The fourth-order valence-electron chi connectivity index (χ4n) is 2.27. The molecule has 0 amide bonds. The number of hydrogen-bond acceptors (Lipinski definition) is 2. The minimum Gasteiger partial charge on any atom is -0.331 e. The van der Waals surface area contributed by atoms with Crippen LogP contribution in [0, 0.1) is 20.8 Å². The van der Waals surface area contributed by atoms with Gasteiger partial charge in [0.15, 0.2) is 0 Å². The second-order valence-corrected chi connectivity index (χ2v) is 4.79. The molecule has 0 spiro atoms. The van der Waals surface area contributed by atoms with Crippen molar-refractivity contribution in [3.05, 3.63) is 22.8 Å². The topological polar surface area (TPSA) is 30.7 Å². The molecule has 3 nitrogen and oxygen atoms in total. The summed E-state index contributed by atoms with van der Waals surface area (Å²) < 4.78 is 2.21. The van der Waals surface area contributed by atoms with Crippen molar-refractivity contribution in [2.75, 3.05) is 0 Å². The van der Waals surface area contributed by atoms with Crippen molar-refractivity contribution in [2.24, 2.45) is 7.05 Å². The van der Waals surface area contributed by atoms with Crippen molar-refractivity contribution in [1.29, 1.82) is 0 Å². The summed E-state index contributed by atoms with van der Waals surface area (Å²) in [6.45, 7) is 10.6. The van der Waals surface area contributed by atoms with Crippen LogP contribution in [0.3, 0.4) is 0 Å². The van der Waals surface area contributed by atoms with Gasteiger partial charge in [-0.1, -0.05) is 13.8 Å². The lowest BCUT2D eigenvalue weighted by atomic mass is 10.1. The van der Waals surface area contributed by atoms with E-state index in [1.54, 1.807) is 0 Å². The van der Waals surface area contributed by atoms with E-state index in [9.17, 15) is 0 Å². The molecule has 2 rings (SSSR count). The Morgan fingerprint density at radius 2 is 1.62 bits per heavy atom. The maximum absolute atomic E-state index is 4.71. The summed E-state index contributed by atoms with van der Waals surface area (Å²) in [5.41, 5.74) is 5.65. The summed E-state index contributed by atoms with van der Waals surface area (Å²) in [7, 11) is 2.09. The van der Waals surface area contributed by atoms with Crippen LogP contribution in [0.5, 0.6) is 0 Å². The zero-order chi connectivity index (χ0) is 12.0. The summed E-state index contributed by atoms with van der Waals surface area (Å²) in [6.07, 6.45) is 0. The number of aromatic nitrogens is 3. The van der Waals surface area contributed by atoms with Gasteiger partial charge in [0, 0.05) is 18.7 Å². The Bertz CT molecular complexity index is 550. The lowest BCUT2D eigenvalue weighted by Crippen LogP contribution is -2.01. The van der Waals surface area contributed by atoms with Crippen LogP contribution in [0.1, 0.15) is 42.5 Å². The molecule has 0 fully saturated rings. The first-order valence-electron chi connectivity index (χ1n) is 5.73. The van der Waals surface area contributed by atoms with E-state index in [-0.39, 0.29) is 0 Å². The molecule has 2 aromatic heterocycles. The highest BCUT2D eigenvalue weighted by Gasteiger charge is 2.16. The number of nitrogens with zero attached hydrogens (tertiary/aromatic N) is 3. The van der Waals surface area contributed by atoms with Crippen LogP contribution in [-0.2, 0) is 7.05 Å². The lowest BCUT2D eigenvalue weighted by molar-refractivity contribution is 0.721. The Morgan fingerprint density at radius 1 is 1.00 bits per heavy atom. The van der Waals surface area contributed by atoms with Gasteiger partial charge in [0.05, 0.1) is 11.2 Å². The summed E-state index contributed by atoms with van der Waals surface area (Å²) in [5.74, 6) is 1.57. The first kappa shape index (κ1) is 11.1. The van der Waals surface area contributed by atoms with Crippen molar-refractivity contribution < 1.29 is 0 Å². The third-order valence-corrected chi connectivity index (χ3v) is 3.22. The number of aryl methyl sites for hydroxylation is 4. The van der Waals surface area contributed by atoms with Crippen molar-refractivity contribution in [1.82, 2.24) is 14.5 Å². The fourth-order valence-corrected chi connectivity index (χ4v) is 2.27. The van der Waals surface area contributed by atoms with Gasteiger partial charge >= 0.3 is 0 Å². The van der Waals surface area contributed by atoms with Gasteiger partial charge in [-0.15, -0.1) is 0 Å². The molecular weight excluding hydrogens is 198 g/mol. The molecule has 3 heteroatoms. The highest BCUT2D eigenvalue weighted by Crippen LogP contribution is 2.26. The first-order chi connectivity index (χ1) is 7.43. The van der Waals surface area contributed by atoms with Gasteiger partial charge in [-0.3, -0.25) is 4.98 Å². The van der Waals surface area contributed by atoms with Gasteiger partial charge in [-0.2, -0.15) is 0 Å². The van der Waals surface area contributed by atoms with Crippen LogP contribution < -0.4 is 0 Å². The van der Waals surface area contributed by atoms with E-state index in [4.69, 9.17) is 4.98 Å². The smallest absolute Gasteiger partial charge is 0.112 e. The molecule has 0 atom stereocenters. The minimum absolute atomic E-state index is 0.441. The van der Waals surface area contributed by atoms with Crippen molar-refractivity contribution in [3.8, 4) is 0 Å². The van der Waals surface area contributed by atoms with Gasteiger partial charge in [0.2, 0.25) is 0 Å². The van der Waals surface area contributed by atoms with E-state index in [1.807, 2.05) is 6.92 Å². The van der Waals surface area contributed by atoms with Crippen LogP contribution in [-0.4, -0.2) is 14.5 Å². The Hall–Kier alpha value is -1.38. The molecule has 0 aliphatic carbocycles. The van der Waals surface area contributed by atoms with Gasteiger partial charge < -0.3 is 4.57 Å². The number of hydrogen-bond donors (Lipinski definition) is 0. The average molecular weight is 217 g/mol. The number of imidazole rings is 1. The Labute approximate surface area is 96.5 Å². The maximum atomic E-state index is 4.71. The number of pyridine rings is 1. The largest absolute Gasteiger partial charge is 0.331 e. The van der Waals surface area contributed by atoms with E-state index in [2.05, 4.69) is 44.3 Å². The molecule has 0 unspecified atom stereocenters. The van der Waals surface area contributed by atoms with E-state index < -0.39 is 0 Å². The van der Waals surface area contributed by atoms with Crippen molar-refractivity contribution >= 4 is 11.0 Å². The number of rotatable bonds is 1. The van der Waals surface area contributed by atoms with E-state index in [0.717, 1.165) is 22.7 Å². The summed E-state index contributed by atoms with van der Waals surface area (Å²) in [6, 6.07) is 0. The Kier molecular flexibility index (Phi) is 2.49. The Morgan fingerprint density at radius 3 is 2.19 bits per heavy atom. The van der Waals surface area contributed by atoms with Crippen LogP contribution in [0.25, 0.3) is 11.0 Å². The van der Waals surface area contributed by atoms with Gasteiger partial charge in [-0.25, -0.2) is 4.98 Å². The van der Waals surface area contributed by atoms with Gasteiger partial charge in [0.1, 0.15) is 11.3 Å². The molecule has 2 heterocycles. The second kappa shape index (κ2) is 3.58. The highest BCUT2D eigenvalue weighted by atomic mass is 15.1. The monoisotopic (exact) mass is 217 g/mol. The van der Waals surface area contributed by atoms with Crippen molar-refractivity contribution in [2.45, 2.75) is 40.5 Å². The molecule has 0 aromatic carbocycles. The zero-order valence-corrected chi connectivity index (χ0v) is 10.9. The fraction of sp³-hybridized carbons (Fsp3) is 0.538. The van der Waals surface area contributed by atoms with Gasteiger partial charge in [-0.05, 0) is 26.3 Å². The SMILES string of the molecule is Cc1nc(C)c2nc(C(C)C)n(C)c2c1C. The molecule has 0 saturated heterocycles. The molecule has 0 aliphatic heterocycles. The number of fused-ring (bicyclic) bond motifs is 1. The van der Waals surface area contributed by atoms with Crippen LogP contribution >= 0.6 is 0 Å². The van der Waals surface area contributed by atoms with Gasteiger partial charge in [0.25, 0.3) is 0 Å². The standard InChI is InChI=1S/C13H19N3/c1-7(2)13-15-11-10(5)14-9(4)8(3)12(11)16(13)6/h7H,1-6H3. The summed E-state index contributed by atoms with van der Waals surface area (Å²) in [4.78, 5) is 9.25. The predicted octanol–water partition coefficient (Wildman–Crippen LogP) is 3.02. The van der Waals surface area contributed by atoms with Crippen LogP contribution in [0.2, 0.25) is 0 Å². The summed E-state index contributed by atoms with van der Waals surface area (Å²) >= 11 is 0. The molecule has 0 radical (unpaired) electrons. The average Bonchev–Trinajstić information content (AvgIpc) is 2.53. The molecule has 0 bridgehead atoms. The first-order valence-corrected chi connectivity index (χ1v) is 5.73. The second-order valence-electron chi connectivity index (χ2n) is 4.79. The van der Waals surface area contributed by atoms with Crippen LogP contribution in [0.15, 0.2) is 0 Å². The molecule has 86 valence electrons. The quantitative estimate of drug-likeness (QED) is 0.735. The minimum atomic E-state index is 0.441. The maximum Gasteiger partial charge on any atom is 0.112 e. The third kappa shape index (κ3) is 1.42. The molecule has 0 aliphatic rings. The molecule has 2 aromatic rings. The van der Waals surface area contributed by atoms with Crippen LogP contribution in [0.4, 0.5) is 0 Å². The van der Waals surface area contributed by atoms with E-state index >= 15 is 0 Å². The summed E-state index contributed by atoms with van der Waals surface area (Å²) in [5, 5.41) is 0. The lowest BCUT2D eigenvalue weighted by Gasteiger charge is -2.07. The molecule has 16 heavy (non-hydrogen) atoms.